The number of aromatic nitrogens is 1. The van der Waals surface area contributed by atoms with Crippen LogP contribution in [0.5, 0.6) is 0 Å². The van der Waals surface area contributed by atoms with Gasteiger partial charge >= 0.3 is 0 Å². The molecule has 1 amide bonds. The van der Waals surface area contributed by atoms with Crippen LogP contribution in [0.4, 0.5) is 11.5 Å². The normalized spacial score (nSPS) is 17.8. The van der Waals surface area contributed by atoms with Crippen molar-refractivity contribution in [3.8, 4) is 0 Å². The van der Waals surface area contributed by atoms with Gasteiger partial charge in [0.2, 0.25) is 0 Å². The van der Waals surface area contributed by atoms with Gasteiger partial charge in [0.25, 0.3) is 11.6 Å². The van der Waals surface area contributed by atoms with Crippen molar-refractivity contribution in [2.24, 2.45) is 0 Å². The van der Waals surface area contributed by atoms with Crippen LogP contribution in [-0.4, -0.2) is 52.4 Å². The molecule has 1 unspecified atom stereocenters. The third-order valence-electron chi connectivity index (χ3n) is 3.33. The predicted molar refractivity (Wildman–Crippen MR) is 78.3 cm³/mol. The minimum absolute atomic E-state index is 0.177. The van der Waals surface area contributed by atoms with E-state index in [1.807, 2.05) is 11.8 Å². The molecular formula is C12H16N4O3S. The largest absolute Gasteiger partial charge is 0.372 e. The molecule has 0 radical (unpaired) electrons. The van der Waals surface area contributed by atoms with Crippen molar-refractivity contribution in [1.82, 2.24) is 9.88 Å². The molecule has 8 heteroatoms. The molecule has 0 aliphatic carbocycles. The van der Waals surface area contributed by atoms with Gasteiger partial charge < -0.3 is 10.2 Å². The minimum atomic E-state index is -0.547. The van der Waals surface area contributed by atoms with Crippen molar-refractivity contribution >= 4 is 29.2 Å². The van der Waals surface area contributed by atoms with E-state index in [0.29, 0.717) is 5.82 Å². The van der Waals surface area contributed by atoms with Gasteiger partial charge in [-0.25, -0.2) is 4.98 Å². The molecule has 1 aliphatic rings. The number of nitrogens with zero attached hydrogens (tertiary/aromatic N) is 3. The molecule has 1 aromatic rings. The summed E-state index contributed by atoms with van der Waals surface area (Å²) in [6, 6.07) is 1.45. The van der Waals surface area contributed by atoms with Gasteiger partial charge in [0.1, 0.15) is 12.0 Å². The highest BCUT2D eigenvalue weighted by molar-refractivity contribution is 7.99. The number of anilines is 1. The fourth-order valence-corrected chi connectivity index (χ4v) is 3.37. The molecule has 7 nitrogen and oxygen atoms in total. The number of amides is 1. The van der Waals surface area contributed by atoms with Gasteiger partial charge in [0.15, 0.2) is 0 Å². The lowest BCUT2D eigenvalue weighted by molar-refractivity contribution is -0.385. The van der Waals surface area contributed by atoms with E-state index in [9.17, 15) is 14.9 Å². The van der Waals surface area contributed by atoms with E-state index in [2.05, 4.69) is 10.3 Å². The number of hydrogen-bond donors (Lipinski definition) is 1. The zero-order valence-electron chi connectivity index (χ0n) is 11.3. The van der Waals surface area contributed by atoms with E-state index >= 15 is 0 Å². The fourth-order valence-electron chi connectivity index (χ4n) is 2.10. The Balaban J connectivity index is 2.31. The molecule has 108 valence electrons. The first-order valence-electron chi connectivity index (χ1n) is 6.21. The zero-order chi connectivity index (χ0) is 14.7. The number of carbonyl (C=O) groups excluding carboxylic acids is 1. The Morgan fingerprint density at radius 2 is 2.40 bits per heavy atom. The monoisotopic (exact) mass is 296 g/mol. The molecule has 20 heavy (non-hydrogen) atoms. The highest BCUT2D eigenvalue weighted by atomic mass is 32.2. The van der Waals surface area contributed by atoms with E-state index in [0.717, 1.165) is 24.1 Å². The molecule has 1 aromatic heterocycles. The van der Waals surface area contributed by atoms with Crippen LogP contribution in [0.2, 0.25) is 0 Å². The molecule has 2 rings (SSSR count). The van der Waals surface area contributed by atoms with Crippen LogP contribution in [0.15, 0.2) is 12.3 Å². The van der Waals surface area contributed by atoms with Gasteiger partial charge in [-0.05, 0) is 12.2 Å². The smallest absolute Gasteiger partial charge is 0.288 e. The van der Waals surface area contributed by atoms with E-state index < -0.39 is 4.92 Å². The third kappa shape index (κ3) is 2.84. The average molecular weight is 296 g/mol. The summed E-state index contributed by atoms with van der Waals surface area (Å²) >= 11 is 1.81. The molecule has 1 aliphatic heterocycles. The molecule has 0 spiro atoms. The van der Waals surface area contributed by atoms with Gasteiger partial charge in [0.05, 0.1) is 10.5 Å². The number of carbonyl (C=O) groups is 1. The number of nitrogens with one attached hydrogen (secondary N) is 1. The SMILES string of the molecule is CNc1ncc([N+](=O)[O-])cc1C(=O)N(C)C1CCSC1. The van der Waals surface area contributed by atoms with Crippen LogP contribution in [0.3, 0.4) is 0 Å². The van der Waals surface area contributed by atoms with E-state index in [1.165, 1.54) is 6.07 Å². The maximum Gasteiger partial charge on any atom is 0.288 e. The molecule has 1 saturated heterocycles. The van der Waals surface area contributed by atoms with E-state index in [4.69, 9.17) is 0 Å². The van der Waals surface area contributed by atoms with Gasteiger partial charge in [-0.2, -0.15) is 11.8 Å². The zero-order valence-corrected chi connectivity index (χ0v) is 12.1. The van der Waals surface area contributed by atoms with Crippen LogP contribution in [0.25, 0.3) is 0 Å². The van der Waals surface area contributed by atoms with Crippen LogP contribution in [0.1, 0.15) is 16.8 Å². The Labute approximate surface area is 120 Å². The fraction of sp³-hybridized carbons (Fsp3) is 0.500. The van der Waals surface area contributed by atoms with Crippen molar-refractivity contribution in [1.29, 1.82) is 0 Å². The summed E-state index contributed by atoms with van der Waals surface area (Å²) in [5, 5.41) is 13.6. The lowest BCUT2D eigenvalue weighted by Crippen LogP contribution is -2.37. The molecule has 0 bridgehead atoms. The van der Waals surface area contributed by atoms with Gasteiger partial charge in [-0.15, -0.1) is 0 Å². The Morgan fingerprint density at radius 1 is 1.65 bits per heavy atom. The molecule has 1 N–H and O–H groups in total. The van der Waals surface area contributed by atoms with Crippen molar-refractivity contribution in [3.63, 3.8) is 0 Å². The number of thioether (sulfide) groups is 1. The molecule has 0 saturated carbocycles. The van der Waals surface area contributed by atoms with Crippen LogP contribution >= 0.6 is 11.8 Å². The molecule has 2 heterocycles. The second-order valence-electron chi connectivity index (χ2n) is 4.53. The van der Waals surface area contributed by atoms with Crippen LogP contribution in [0, 0.1) is 10.1 Å². The van der Waals surface area contributed by atoms with Crippen molar-refractivity contribution in [3.05, 3.63) is 27.9 Å². The summed E-state index contributed by atoms with van der Waals surface area (Å²) in [5.74, 6) is 2.06. The predicted octanol–water partition coefficient (Wildman–Crippen LogP) is 1.61. The number of pyridine rings is 1. The second kappa shape index (κ2) is 6.08. The Kier molecular flexibility index (Phi) is 4.43. The van der Waals surface area contributed by atoms with Gasteiger partial charge in [-0.1, -0.05) is 0 Å². The summed E-state index contributed by atoms with van der Waals surface area (Å²) in [7, 11) is 3.37. The Morgan fingerprint density at radius 3 is 2.95 bits per heavy atom. The lowest BCUT2D eigenvalue weighted by atomic mass is 10.1. The number of nitro groups is 1. The van der Waals surface area contributed by atoms with Crippen molar-refractivity contribution in [2.75, 3.05) is 30.9 Å². The lowest BCUT2D eigenvalue weighted by Gasteiger charge is -2.24. The number of rotatable bonds is 4. The average Bonchev–Trinajstić information content (AvgIpc) is 2.99. The second-order valence-corrected chi connectivity index (χ2v) is 5.68. The van der Waals surface area contributed by atoms with Crippen LogP contribution < -0.4 is 5.32 Å². The maximum absolute atomic E-state index is 12.5. The highest BCUT2D eigenvalue weighted by Crippen LogP contribution is 2.25. The van der Waals surface area contributed by atoms with Crippen molar-refractivity contribution in [2.45, 2.75) is 12.5 Å². The molecular weight excluding hydrogens is 280 g/mol. The maximum atomic E-state index is 12.5. The van der Waals surface area contributed by atoms with E-state index in [1.54, 1.807) is 19.0 Å². The molecule has 1 fully saturated rings. The van der Waals surface area contributed by atoms with Gasteiger partial charge in [-0.3, -0.25) is 14.9 Å². The first kappa shape index (κ1) is 14.6. The molecule has 0 aromatic carbocycles. The first-order chi connectivity index (χ1) is 9.54. The standard InChI is InChI=1S/C12H16N4O3S/c1-13-11-10(5-9(6-14-11)16(18)19)12(17)15(2)8-3-4-20-7-8/h5-6,8H,3-4,7H2,1-2H3,(H,13,14). The first-order valence-corrected chi connectivity index (χ1v) is 7.37. The summed E-state index contributed by atoms with van der Waals surface area (Å²) < 4.78 is 0. The van der Waals surface area contributed by atoms with E-state index in [-0.39, 0.29) is 23.2 Å². The topological polar surface area (TPSA) is 88.4 Å². The van der Waals surface area contributed by atoms with Gasteiger partial charge in [0, 0.05) is 32.0 Å². The summed E-state index contributed by atoms with van der Waals surface area (Å²) in [4.78, 5) is 28.4. The minimum Gasteiger partial charge on any atom is -0.372 e. The Hall–Kier alpha value is -1.83. The highest BCUT2D eigenvalue weighted by Gasteiger charge is 2.27. The van der Waals surface area contributed by atoms with Crippen molar-refractivity contribution < 1.29 is 9.72 Å². The third-order valence-corrected chi connectivity index (χ3v) is 4.47. The summed E-state index contributed by atoms with van der Waals surface area (Å²) in [6.07, 6.45) is 2.10. The Bertz CT molecular complexity index is 531. The number of hydrogen-bond acceptors (Lipinski definition) is 6. The summed E-state index contributed by atoms with van der Waals surface area (Å²) in [6.45, 7) is 0. The molecule has 1 atom stereocenters. The quantitative estimate of drug-likeness (QED) is 0.671. The van der Waals surface area contributed by atoms with Crippen LogP contribution in [-0.2, 0) is 0 Å². The summed E-state index contributed by atoms with van der Waals surface area (Å²) in [5.41, 5.74) is 0.0580.